The minimum Gasteiger partial charge on any atom is -0.357 e. The molecule has 0 atom stereocenters. The summed E-state index contributed by atoms with van der Waals surface area (Å²) in [6, 6.07) is 10.1. The zero-order chi connectivity index (χ0) is 13.7. The molecule has 1 heterocycles. The van der Waals surface area contributed by atoms with Gasteiger partial charge in [0.25, 0.3) is 0 Å². The first-order valence-electron chi connectivity index (χ1n) is 6.56. The zero-order valence-corrected chi connectivity index (χ0v) is 11.5. The number of carbonyl (C=O) groups excluding carboxylic acids is 1. The molecule has 1 amide bonds. The molecule has 3 heteroatoms. The Morgan fingerprint density at radius 3 is 2.79 bits per heavy atom. The van der Waals surface area contributed by atoms with Gasteiger partial charge in [-0.2, -0.15) is 0 Å². The highest BCUT2D eigenvalue weighted by Gasteiger charge is 2.03. The fourth-order valence-electron chi connectivity index (χ4n) is 2.13. The highest BCUT2D eigenvalue weighted by atomic mass is 16.1. The molecule has 0 bridgehead atoms. The Morgan fingerprint density at radius 2 is 2.11 bits per heavy atom. The maximum absolute atomic E-state index is 11.8. The summed E-state index contributed by atoms with van der Waals surface area (Å²) in [5.74, 6) is 0.0848. The average Bonchev–Trinajstić information content (AvgIpc) is 2.75. The van der Waals surface area contributed by atoms with E-state index in [2.05, 4.69) is 23.6 Å². The predicted molar refractivity (Wildman–Crippen MR) is 77.0 cm³/mol. The Balaban J connectivity index is 1.76. The van der Waals surface area contributed by atoms with Crippen molar-refractivity contribution in [3.63, 3.8) is 0 Å². The summed E-state index contributed by atoms with van der Waals surface area (Å²) in [6.45, 7) is 2.73. The molecule has 1 N–H and O–H groups in total. The molecule has 2 aromatic rings. The average molecular weight is 256 g/mol. The van der Waals surface area contributed by atoms with Crippen LogP contribution in [-0.4, -0.2) is 17.0 Å². The summed E-state index contributed by atoms with van der Waals surface area (Å²) in [5.41, 5.74) is 3.50. The summed E-state index contributed by atoms with van der Waals surface area (Å²) in [4.78, 5) is 11.8. The van der Waals surface area contributed by atoms with E-state index in [1.807, 2.05) is 42.9 Å². The van der Waals surface area contributed by atoms with Crippen LogP contribution in [0.1, 0.15) is 16.7 Å². The summed E-state index contributed by atoms with van der Waals surface area (Å²) >= 11 is 0. The molecule has 100 valence electrons. The molecule has 0 fully saturated rings. The number of nitrogens with zero attached hydrogens (tertiary/aromatic N) is 1. The molecule has 19 heavy (non-hydrogen) atoms. The molecule has 1 aromatic heterocycles. The van der Waals surface area contributed by atoms with Gasteiger partial charge in [0.15, 0.2) is 0 Å². The van der Waals surface area contributed by atoms with Crippen LogP contribution in [0.15, 0.2) is 42.7 Å². The fourth-order valence-corrected chi connectivity index (χ4v) is 2.13. The third-order valence-corrected chi connectivity index (χ3v) is 3.08. The molecule has 1 aromatic carbocycles. The molecule has 0 aliphatic heterocycles. The second-order valence-corrected chi connectivity index (χ2v) is 4.95. The minimum absolute atomic E-state index is 0.0848. The van der Waals surface area contributed by atoms with Crippen LogP contribution >= 0.6 is 0 Å². The standard InChI is InChI=1S/C16H20N2O/c1-13-4-3-5-15(10-13)11-16(19)17-8-6-14-7-9-18(2)12-14/h3-5,7,9-10,12H,6,8,11H2,1-2H3,(H,17,19). The molecule has 0 aliphatic carbocycles. The number of amides is 1. The van der Waals surface area contributed by atoms with E-state index in [0.29, 0.717) is 13.0 Å². The van der Waals surface area contributed by atoms with Crippen molar-refractivity contribution in [2.75, 3.05) is 6.54 Å². The summed E-state index contributed by atoms with van der Waals surface area (Å²) in [5, 5.41) is 2.96. The quantitative estimate of drug-likeness (QED) is 0.874. The molecule has 0 spiro atoms. The van der Waals surface area contributed by atoms with E-state index in [1.165, 1.54) is 11.1 Å². The molecule has 0 unspecified atom stereocenters. The van der Waals surface area contributed by atoms with Crippen molar-refractivity contribution >= 4 is 5.91 Å². The highest BCUT2D eigenvalue weighted by Crippen LogP contribution is 2.04. The lowest BCUT2D eigenvalue weighted by molar-refractivity contribution is -0.120. The number of benzene rings is 1. The first-order chi connectivity index (χ1) is 9.13. The number of hydrogen-bond donors (Lipinski definition) is 1. The van der Waals surface area contributed by atoms with Crippen LogP contribution in [0.3, 0.4) is 0 Å². The van der Waals surface area contributed by atoms with E-state index in [4.69, 9.17) is 0 Å². The van der Waals surface area contributed by atoms with Gasteiger partial charge in [-0.25, -0.2) is 0 Å². The highest BCUT2D eigenvalue weighted by molar-refractivity contribution is 5.78. The van der Waals surface area contributed by atoms with E-state index in [-0.39, 0.29) is 5.91 Å². The molecule has 0 radical (unpaired) electrons. The summed E-state index contributed by atoms with van der Waals surface area (Å²) in [7, 11) is 2.00. The van der Waals surface area contributed by atoms with Gasteiger partial charge in [0.2, 0.25) is 5.91 Å². The third kappa shape index (κ3) is 4.28. The number of nitrogens with one attached hydrogen (secondary N) is 1. The van der Waals surface area contributed by atoms with Crippen LogP contribution in [0, 0.1) is 6.92 Å². The lowest BCUT2D eigenvalue weighted by atomic mass is 10.1. The molecule has 0 saturated carbocycles. The smallest absolute Gasteiger partial charge is 0.224 e. The number of aromatic nitrogens is 1. The van der Waals surface area contributed by atoms with Gasteiger partial charge in [-0.15, -0.1) is 0 Å². The van der Waals surface area contributed by atoms with E-state index < -0.39 is 0 Å². The Bertz CT molecular complexity index is 557. The van der Waals surface area contributed by atoms with Crippen molar-refractivity contribution in [2.24, 2.45) is 7.05 Å². The number of hydrogen-bond acceptors (Lipinski definition) is 1. The van der Waals surface area contributed by atoms with Gasteiger partial charge in [-0.05, 0) is 30.5 Å². The normalized spacial score (nSPS) is 10.4. The van der Waals surface area contributed by atoms with Gasteiger partial charge >= 0.3 is 0 Å². The molecule has 3 nitrogen and oxygen atoms in total. The molecular formula is C16H20N2O. The largest absolute Gasteiger partial charge is 0.357 e. The predicted octanol–water partition coefficient (Wildman–Crippen LogP) is 2.23. The van der Waals surface area contributed by atoms with Crippen LogP contribution < -0.4 is 5.32 Å². The van der Waals surface area contributed by atoms with Crippen molar-refractivity contribution < 1.29 is 4.79 Å². The van der Waals surface area contributed by atoms with Crippen molar-refractivity contribution in [3.05, 3.63) is 59.4 Å². The second-order valence-electron chi connectivity index (χ2n) is 4.95. The van der Waals surface area contributed by atoms with Gasteiger partial charge in [0.1, 0.15) is 0 Å². The van der Waals surface area contributed by atoms with Crippen LogP contribution in [0.5, 0.6) is 0 Å². The third-order valence-electron chi connectivity index (χ3n) is 3.08. The Hall–Kier alpha value is -2.03. The SMILES string of the molecule is Cc1cccc(CC(=O)NCCc2ccn(C)c2)c1. The van der Waals surface area contributed by atoms with Gasteiger partial charge in [0.05, 0.1) is 6.42 Å². The van der Waals surface area contributed by atoms with Crippen LogP contribution in [0.4, 0.5) is 0 Å². The maximum atomic E-state index is 11.8. The van der Waals surface area contributed by atoms with Crippen LogP contribution in [-0.2, 0) is 24.7 Å². The lowest BCUT2D eigenvalue weighted by Crippen LogP contribution is -2.27. The fraction of sp³-hybridized carbons (Fsp3) is 0.312. The van der Waals surface area contributed by atoms with E-state index >= 15 is 0 Å². The lowest BCUT2D eigenvalue weighted by Gasteiger charge is -2.05. The van der Waals surface area contributed by atoms with E-state index in [1.54, 1.807) is 0 Å². The van der Waals surface area contributed by atoms with Crippen molar-refractivity contribution in [2.45, 2.75) is 19.8 Å². The first kappa shape index (κ1) is 13.4. The summed E-state index contributed by atoms with van der Waals surface area (Å²) in [6.07, 6.45) is 5.42. The summed E-state index contributed by atoms with van der Waals surface area (Å²) < 4.78 is 2.02. The monoisotopic (exact) mass is 256 g/mol. The van der Waals surface area contributed by atoms with Crippen molar-refractivity contribution in [1.82, 2.24) is 9.88 Å². The molecule has 0 aliphatic rings. The maximum Gasteiger partial charge on any atom is 0.224 e. The van der Waals surface area contributed by atoms with E-state index in [9.17, 15) is 4.79 Å². The molecule has 2 rings (SSSR count). The van der Waals surface area contributed by atoms with Gasteiger partial charge in [-0.1, -0.05) is 29.8 Å². The minimum atomic E-state index is 0.0848. The number of carbonyl (C=O) groups is 1. The number of rotatable bonds is 5. The molecular weight excluding hydrogens is 236 g/mol. The van der Waals surface area contributed by atoms with Crippen LogP contribution in [0.2, 0.25) is 0 Å². The topological polar surface area (TPSA) is 34.0 Å². The van der Waals surface area contributed by atoms with Crippen LogP contribution in [0.25, 0.3) is 0 Å². The zero-order valence-electron chi connectivity index (χ0n) is 11.5. The van der Waals surface area contributed by atoms with Crippen molar-refractivity contribution in [1.29, 1.82) is 0 Å². The first-order valence-corrected chi connectivity index (χ1v) is 6.56. The van der Waals surface area contributed by atoms with Gasteiger partial charge < -0.3 is 9.88 Å². The van der Waals surface area contributed by atoms with Gasteiger partial charge in [0, 0.05) is 26.0 Å². The van der Waals surface area contributed by atoms with Crippen molar-refractivity contribution in [3.8, 4) is 0 Å². The second kappa shape index (κ2) is 6.23. The Morgan fingerprint density at radius 1 is 1.26 bits per heavy atom. The molecule has 0 saturated heterocycles. The van der Waals surface area contributed by atoms with Gasteiger partial charge in [-0.3, -0.25) is 4.79 Å². The Kier molecular flexibility index (Phi) is 4.39. The number of aryl methyl sites for hydroxylation is 2. The van der Waals surface area contributed by atoms with E-state index in [0.717, 1.165) is 12.0 Å². The Labute approximate surface area is 114 Å².